The quantitative estimate of drug-likeness (QED) is 0.837. The van der Waals surface area contributed by atoms with Gasteiger partial charge >= 0.3 is 0 Å². The number of hydrogen-bond acceptors (Lipinski definition) is 3. The number of anilines is 1. The van der Waals surface area contributed by atoms with E-state index in [9.17, 15) is 0 Å². The van der Waals surface area contributed by atoms with Gasteiger partial charge in [-0.05, 0) is 38.0 Å². The van der Waals surface area contributed by atoms with E-state index in [1.54, 1.807) is 0 Å². The van der Waals surface area contributed by atoms with Crippen molar-refractivity contribution in [1.29, 1.82) is 0 Å². The Balaban J connectivity index is 2.08. The van der Waals surface area contributed by atoms with E-state index < -0.39 is 0 Å². The van der Waals surface area contributed by atoms with Gasteiger partial charge in [-0.15, -0.1) is 0 Å². The minimum atomic E-state index is 0.669. The molecule has 0 bridgehead atoms. The van der Waals surface area contributed by atoms with E-state index in [0.717, 1.165) is 30.2 Å². The van der Waals surface area contributed by atoms with Crippen LogP contribution in [0.3, 0.4) is 0 Å². The fraction of sp³-hybridized carbons (Fsp3) is 0.438. The Hall–Kier alpha value is -1.97. The normalized spacial score (nSPS) is 10.6. The van der Waals surface area contributed by atoms with Gasteiger partial charge in [-0.25, -0.2) is 4.98 Å². The van der Waals surface area contributed by atoms with Gasteiger partial charge in [0.25, 0.3) is 0 Å². The van der Waals surface area contributed by atoms with Gasteiger partial charge in [0.15, 0.2) is 0 Å². The van der Waals surface area contributed by atoms with Gasteiger partial charge in [-0.1, -0.05) is 13.0 Å². The third kappa shape index (κ3) is 3.53. The molecule has 0 aliphatic heterocycles. The van der Waals surface area contributed by atoms with Crippen LogP contribution in [0, 0.1) is 6.92 Å². The van der Waals surface area contributed by atoms with Crippen LogP contribution in [-0.4, -0.2) is 16.2 Å². The third-order valence-electron chi connectivity index (χ3n) is 3.14. The largest absolute Gasteiger partial charge is 0.492 e. The molecule has 1 N–H and O–H groups in total. The average molecular weight is 273 g/mol. The topological polar surface area (TPSA) is 39.1 Å². The van der Waals surface area contributed by atoms with Gasteiger partial charge in [0, 0.05) is 18.9 Å². The molecule has 1 aromatic heterocycles. The van der Waals surface area contributed by atoms with Crippen LogP contribution in [0.15, 0.2) is 30.6 Å². The van der Waals surface area contributed by atoms with E-state index in [-0.39, 0.29) is 0 Å². The number of benzene rings is 1. The molecule has 1 aromatic carbocycles. The number of hydrogen-bond donors (Lipinski definition) is 1. The number of nitrogens with zero attached hydrogens (tertiary/aromatic N) is 2. The second-order valence-corrected chi connectivity index (χ2v) is 4.82. The summed E-state index contributed by atoms with van der Waals surface area (Å²) in [6, 6.07) is 6.21. The lowest BCUT2D eigenvalue weighted by Gasteiger charge is -2.13. The molecule has 0 radical (unpaired) electrons. The van der Waals surface area contributed by atoms with Crippen molar-refractivity contribution in [3.63, 3.8) is 0 Å². The monoisotopic (exact) mass is 273 g/mol. The smallest absolute Gasteiger partial charge is 0.142 e. The van der Waals surface area contributed by atoms with Crippen molar-refractivity contribution in [2.45, 2.75) is 40.3 Å². The van der Waals surface area contributed by atoms with Crippen molar-refractivity contribution in [3.05, 3.63) is 42.0 Å². The van der Waals surface area contributed by atoms with Crippen LogP contribution in [0.1, 0.15) is 31.7 Å². The molecule has 0 amide bonds. The number of aryl methyl sites for hydroxylation is 2. The number of ether oxygens (including phenoxy) is 1. The first-order chi connectivity index (χ1) is 9.74. The Kier molecular flexibility index (Phi) is 5.04. The molecule has 0 unspecified atom stereocenters. The highest BCUT2D eigenvalue weighted by Gasteiger charge is 2.06. The third-order valence-corrected chi connectivity index (χ3v) is 3.14. The molecule has 20 heavy (non-hydrogen) atoms. The molecule has 0 spiro atoms. The van der Waals surface area contributed by atoms with E-state index in [2.05, 4.69) is 46.9 Å². The lowest BCUT2D eigenvalue weighted by molar-refractivity contribution is 0.341. The Bertz CT molecular complexity index is 548. The predicted molar refractivity (Wildman–Crippen MR) is 82.2 cm³/mol. The zero-order chi connectivity index (χ0) is 14.4. The maximum atomic E-state index is 5.68. The summed E-state index contributed by atoms with van der Waals surface area (Å²) in [6.07, 6.45) is 4.99. The van der Waals surface area contributed by atoms with Gasteiger partial charge in [0.1, 0.15) is 11.6 Å². The number of nitrogens with one attached hydrogen (secondary N) is 1. The molecule has 1 heterocycles. The molecule has 0 atom stereocenters. The summed E-state index contributed by atoms with van der Waals surface area (Å²) >= 11 is 0. The molecular formula is C16H23N3O. The molecule has 0 saturated heterocycles. The number of aromatic nitrogens is 2. The van der Waals surface area contributed by atoms with Crippen LogP contribution in [-0.2, 0) is 13.1 Å². The Labute approximate surface area is 120 Å². The van der Waals surface area contributed by atoms with Gasteiger partial charge in [0.2, 0.25) is 0 Å². The maximum absolute atomic E-state index is 5.68. The summed E-state index contributed by atoms with van der Waals surface area (Å²) in [6.45, 7) is 8.62. The van der Waals surface area contributed by atoms with E-state index in [4.69, 9.17) is 4.74 Å². The lowest BCUT2D eigenvalue weighted by Crippen LogP contribution is -2.09. The predicted octanol–water partition coefficient (Wildman–Crippen LogP) is 3.61. The first-order valence-electron chi connectivity index (χ1n) is 7.22. The maximum Gasteiger partial charge on any atom is 0.142 e. The van der Waals surface area contributed by atoms with Crippen LogP contribution in [0.25, 0.3) is 0 Å². The molecular weight excluding hydrogens is 250 g/mol. The second kappa shape index (κ2) is 6.98. The van der Waals surface area contributed by atoms with Crippen molar-refractivity contribution >= 4 is 5.69 Å². The van der Waals surface area contributed by atoms with E-state index >= 15 is 0 Å². The zero-order valence-electron chi connectivity index (χ0n) is 12.5. The molecule has 0 aliphatic rings. The van der Waals surface area contributed by atoms with Gasteiger partial charge in [-0.3, -0.25) is 0 Å². The Morgan fingerprint density at radius 3 is 2.90 bits per heavy atom. The van der Waals surface area contributed by atoms with E-state index in [1.165, 1.54) is 5.56 Å². The highest BCUT2D eigenvalue weighted by molar-refractivity contribution is 5.57. The lowest BCUT2D eigenvalue weighted by atomic mass is 10.2. The van der Waals surface area contributed by atoms with Gasteiger partial charge < -0.3 is 14.6 Å². The molecule has 108 valence electrons. The van der Waals surface area contributed by atoms with E-state index in [1.807, 2.05) is 19.3 Å². The minimum absolute atomic E-state index is 0.669. The first-order valence-corrected chi connectivity index (χ1v) is 7.22. The average Bonchev–Trinajstić information content (AvgIpc) is 2.86. The van der Waals surface area contributed by atoms with Crippen LogP contribution in [0.2, 0.25) is 0 Å². The molecule has 0 saturated carbocycles. The van der Waals surface area contributed by atoms with Crippen LogP contribution in [0.4, 0.5) is 5.69 Å². The van der Waals surface area contributed by atoms with Crippen molar-refractivity contribution in [2.24, 2.45) is 0 Å². The number of imidazole rings is 1. The summed E-state index contributed by atoms with van der Waals surface area (Å²) in [4.78, 5) is 4.40. The highest BCUT2D eigenvalue weighted by Crippen LogP contribution is 2.26. The second-order valence-electron chi connectivity index (χ2n) is 4.82. The van der Waals surface area contributed by atoms with Gasteiger partial charge in [-0.2, -0.15) is 0 Å². The summed E-state index contributed by atoms with van der Waals surface area (Å²) in [5, 5.41) is 3.42. The van der Waals surface area contributed by atoms with Gasteiger partial charge in [0.05, 0.1) is 18.8 Å². The highest BCUT2D eigenvalue weighted by atomic mass is 16.5. The van der Waals surface area contributed by atoms with Crippen LogP contribution < -0.4 is 10.1 Å². The SMILES string of the molecule is CCCn1ccnc1CNc1ccc(C)cc1OCC. The zero-order valence-corrected chi connectivity index (χ0v) is 12.5. The Morgan fingerprint density at radius 2 is 2.15 bits per heavy atom. The van der Waals surface area contributed by atoms with Crippen molar-refractivity contribution in [1.82, 2.24) is 9.55 Å². The summed E-state index contributed by atoms with van der Waals surface area (Å²) in [5.74, 6) is 1.95. The van der Waals surface area contributed by atoms with Crippen molar-refractivity contribution in [2.75, 3.05) is 11.9 Å². The van der Waals surface area contributed by atoms with E-state index in [0.29, 0.717) is 13.2 Å². The molecule has 0 fully saturated rings. The van der Waals surface area contributed by atoms with Crippen LogP contribution in [0.5, 0.6) is 5.75 Å². The molecule has 0 aliphatic carbocycles. The van der Waals surface area contributed by atoms with Crippen molar-refractivity contribution in [3.8, 4) is 5.75 Å². The van der Waals surface area contributed by atoms with Crippen LogP contribution >= 0.6 is 0 Å². The fourth-order valence-electron chi connectivity index (χ4n) is 2.18. The standard InChI is InChI=1S/C16H23N3O/c1-4-9-19-10-8-17-16(19)12-18-14-7-6-13(3)11-15(14)20-5-2/h6-8,10-11,18H,4-5,9,12H2,1-3H3. The minimum Gasteiger partial charge on any atom is -0.492 e. The molecule has 4 heteroatoms. The summed E-state index contributed by atoms with van der Waals surface area (Å²) in [7, 11) is 0. The summed E-state index contributed by atoms with van der Waals surface area (Å²) in [5.41, 5.74) is 2.22. The fourth-order valence-corrected chi connectivity index (χ4v) is 2.18. The summed E-state index contributed by atoms with van der Waals surface area (Å²) < 4.78 is 7.86. The Morgan fingerprint density at radius 1 is 1.30 bits per heavy atom. The first kappa shape index (κ1) is 14.4. The number of rotatable bonds is 7. The molecule has 4 nitrogen and oxygen atoms in total. The molecule has 2 aromatic rings. The van der Waals surface area contributed by atoms with Crippen molar-refractivity contribution < 1.29 is 4.74 Å². The molecule has 2 rings (SSSR count).